The normalized spacial score (nSPS) is 20.7. The highest BCUT2D eigenvalue weighted by Gasteiger charge is 2.23. The van der Waals surface area contributed by atoms with Crippen molar-refractivity contribution in [2.45, 2.75) is 38.6 Å². The molecule has 132 valence electrons. The minimum Gasteiger partial charge on any atom is -0.352 e. The Labute approximate surface area is 152 Å². The van der Waals surface area contributed by atoms with Crippen molar-refractivity contribution in [3.63, 3.8) is 0 Å². The molecule has 24 heavy (non-hydrogen) atoms. The van der Waals surface area contributed by atoms with Gasteiger partial charge >= 0.3 is 0 Å². The molecule has 2 atom stereocenters. The van der Waals surface area contributed by atoms with E-state index in [-0.39, 0.29) is 30.9 Å². The average Bonchev–Trinajstić information content (AvgIpc) is 2.51. The fourth-order valence-electron chi connectivity index (χ4n) is 3.08. The molecule has 1 aliphatic rings. The van der Waals surface area contributed by atoms with Crippen LogP contribution in [0.25, 0.3) is 0 Å². The lowest BCUT2D eigenvalue weighted by atomic mass is 9.86. The van der Waals surface area contributed by atoms with Gasteiger partial charge in [-0.2, -0.15) is 0 Å². The van der Waals surface area contributed by atoms with Crippen molar-refractivity contribution in [3.05, 3.63) is 28.7 Å². The Kier molecular flexibility index (Phi) is 7.24. The van der Waals surface area contributed by atoms with Gasteiger partial charge in [-0.3, -0.25) is 14.5 Å². The molecule has 1 fully saturated rings. The number of rotatable bonds is 6. The second kappa shape index (κ2) is 9.18. The zero-order valence-electron chi connectivity index (χ0n) is 14.3. The third-order valence-corrected chi connectivity index (χ3v) is 5.12. The molecule has 1 saturated carbocycles. The molecule has 0 bridgehead atoms. The zero-order chi connectivity index (χ0) is 17.5. The Hall–Kier alpha value is -1.40. The number of hydrogen-bond acceptors (Lipinski definition) is 3. The molecule has 0 aromatic heterocycles. The van der Waals surface area contributed by atoms with Crippen molar-refractivity contribution >= 4 is 33.4 Å². The van der Waals surface area contributed by atoms with E-state index in [0.717, 1.165) is 16.6 Å². The molecule has 2 amide bonds. The van der Waals surface area contributed by atoms with Crippen molar-refractivity contribution in [2.75, 3.05) is 25.5 Å². The predicted molar refractivity (Wildman–Crippen MR) is 99.8 cm³/mol. The minimum absolute atomic E-state index is 0.00931. The lowest BCUT2D eigenvalue weighted by molar-refractivity contribution is -0.124. The van der Waals surface area contributed by atoms with E-state index in [9.17, 15) is 9.59 Å². The number of carbonyl (C=O) groups excluding carboxylic acids is 2. The summed E-state index contributed by atoms with van der Waals surface area (Å²) in [4.78, 5) is 26.0. The van der Waals surface area contributed by atoms with Gasteiger partial charge in [0.25, 0.3) is 0 Å². The van der Waals surface area contributed by atoms with Crippen LogP contribution < -0.4 is 10.6 Å². The standard InChI is InChI=1S/C18H26BrN3O2/c1-13-7-3-5-9-15(13)20-17(23)11-22(2)12-18(24)21-16-10-6-4-8-14(16)19/h4,6,8,10,13,15H,3,5,7,9,11-12H2,1-2H3,(H,20,23)(H,21,24)/t13-,15+/m0/s1. The van der Waals surface area contributed by atoms with Crippen molar-refractivity contribution in [1.82, 2.24) is 10.2 Å². The summed E-state index contributed by atoms with van der Waals surface area (Å²) in [5.41, 5.74) is 0.733. The number of benzene rings is 1. The highest BCUT2D eigenvalue weighted by atomic mass is 79.9. The predicted octanol–water partition coefficient (Wildman–Crippen LogP) is 3.01. The van der Waals surface area contributed by atoms with Gasteiger partial charge in [-0.1, -0.05) is 31.9 Å². The number of carbonyl (C=O) groups is 2. The van der Waals surface area contributed by atoms with Crippen LogP contribution in [0.15, 0.2) is 28.7 Å². The van der Waals surface area contributed by atoms with Crippen LogP contribution in [-0.4, -0.2) is 42.9 Å². The van der Waals surface area contributed by atoms with Crippen LogP contribution in [0.4, 0.5) is 5.69 Å². The number of nitrogens with one attached hydrogen (secondary N) is 2. The topological polar surface area (TPSA) is 61.4 Å². The summed E-state index contributed by atoms with van der Waals surface area (Å²) in [5.74, 6) is 0.389. The van der Waals surface area contributed by atoms with Gasteiger partial charge in [0.05, 0.1) is 18.8 Å². The maximum atomic E-state index is 12.2. The molecule has 1 aromatic carbocycles. The average molecular weight is 396 g/mol. The maximum absolute atomic E-state index is 12.2. The monoisotopic (exact) mass is 395 g/mol. The van der Waals surface area contributed by atoms with E-state index in [1.807, 2.05) is 24.3 Å². The van der Waals surface area contributed by atoms with Gasteiger partial charge < -0.3 is 10.6 Å². The van der Waals surface area contributed by atoms with E-state index in [1.165, 1.54) is 19.3 Å². The molecule has 1 aliphatic carbocycles. The van der Waals surface area contributed by atoms with Gasteiger partial charge in [0, 0.05) is 10.5 Å². The van der Waals surface area contributed by atoms with Crippen LogP contribution in [0.5, 0.6) is 0 Å². The zero-order valence-corrected chi connectivity index (χ0v) is 15.9. The van der Waals surface area contributed by atoms with Crippen LogP contribution in [0, 0.1) is 5.92 Å². The lowest BCUT2D eigenvalue weighted by Crippen LogP contribution is -2.46. The van der Waals surface area contributed by atoms with Gasteiger partial charge in [-0.25, -0.2) is 0 Å². The molecule has 0 saturated heterocycles. The summed E-state index contributed by atoms with van der Waals surface area (Å²) in [5, 5.41) is 5.96. The van der Waals surface area contributed by atoms with Gasteiger partial charge in [0.15, 0.2) is 0 Å². The minimum atomic E-state index is -0.136. The van der Waals surface area contributed by atoms with Gasteiger partial charge in [-0.15, -0.1) is 0 Å². The number of para-hydroxylation sites is 1. The Balaban J connectivity index is 1.75. The van der Waals surface area contributed by atoms with E-state index < -0.39 is 0 Å². The molecule has 0 radical (unpaired) electrons. The SMILES string of the molecule is C[C@H]1CCCC[C@H]1NC(=O)CN(C)CC(=O)Nc1ccccc1Br. The van der Waals surface area contributed by atoms with Crippen LogP contribution >= 0.6 is 15.9 Å². The van der Waals surface area contributed by atoms with Crippen molar-refractivity contribution in [2.24, 2.45) is 5.92 Å². The molecule has 1 aromatic rings. The van der Waals surface area contributed by atoms with Crippen LogP contribution in [0.1, 0.15) is 32.6 Å². The number of likely N-dealkylation sites (N-methyl/N-ethyl adjacent to an activating group) is 1. The second-order valence-corrected chi connectivity index (χ2v) is 7.49. The largest absolute Gasteiger partial charge is 0.352 e. The summed E-state index contributed by atoms with van der Waals surface area (Å²) in [6, 6.07) is 7.73. The quantitative estimate of drug-likeness (QED) is 0.777. The Morgan fingerprint density at radius 2 is 1.83 bits per heavy atom. The van der Waals surface area contributed by atoms with Crippen molar-refractivity contribution in [3.8, 4) is 0 Å². The second-order valence-electron chi connectivity index (χ2n) is 6.64. The number of nitrogens with zero attached hydrogens (tertiary/aromatic N) is 1. The van der Waals surface area contributed by atoms with Crippen LogP contribution in [0.2, 0.25) is 0 Å². The van der Waals surface area contributed by atoms with E-state index in [1.54, 1.807) is 11.9 Å². The summed E-state index contributed by atoms with van der Waals surface area (Å²) in [6.07, 6.45) is 4.66. The molecule has 0 heterocycles. The summed E-state index contributed by atoms with van der Waals surface area (Å²) in [7, 11) is 1.78. The van der Waals surface area contributed by atoms with Crippen molar-refractivity contribution in [1.29, 1.82) is 0 Å². The van der Waals surface area contributed by atoms with Gasteiger partial charge in [0.2, 0.25) is 11.8 Å². The van der Waals surface area contributed by atoms with Gasteiger partial charge in [-0.05, 0) is 53.9 Å². The molecule has 5 nitrogen and oxygen atoms in total. The molecule has 0 unspecified atom stereocenters. The number of amides is 2. The molecule has 0 aliphatic heterocycles. The summed E-state index contributed by atoms with van der Waals surface area (Å²) < 4.78 is 0.838. The molecule has 6 heteroatoms. The molecule has 2 N–H and O–H groups in total. The fourth-order valence-corrected chi connectivity index (χ4v) is 3.47. The first kappa shape index (κ1) is 18.9. The number of halogens is 1. The Morgan fingerprint density at radius 1 is 1.17 bits per heavy atom. The first-order valence-electron chi connectivity index (χ1n) is 8.48. The third kappa shape index (κ3) is 5.91. The van der Waals surface area contributed by atoms with Crippen LogP contribution in [0.3, 0.4) is 0 Å². The smallest absolute Gasteiger partial charge is 0.238 e. The number of anilines is 1. The third-order valence-electron chi connectivity index (χ3n) is 4.43. The Bertz CT molecular complexity index is 579. The van der Waals surface area contributed by atoms with E-state index in [4.69, 9.17) is 0 Å². The molecular weight excluding hydrogens is 370 g/mol. The van der Waals surface area contributed by atoms with Crippen molar-refractivity contribution < 1.29 is 9.59 Å². The molecular formula is C18H26BrN3O2. The first-order valence-corrected chi connectivity index (χ1v) is 9.27. The number of hydrogen-bond donors (Lipinski definition) is 2. The summed E-state index contributed by atoms with van der Waals surface area (Å²) in [6.45, 7) is 2.60. The lowest BCUT2D eigenvalue weighted by Gasteiger charge is -2.30. The highest BCUT2D eigenvalue weighted by molar-refractivity contribution is 9.10. The highest BCUT2D eigenvalue weighted by Crippen LogP contribution is 2.23. The molecule has 0 spiro atoms. The summed E-state index contributed by atoms with van der Waals surface area (Å²) >= 11 is 3.40. The van der Waals surface area contributed by atoms with Crippen LogP contribution in [-0.2, 0) is 9.59 Å². The van der Waals surface area contributed by atoms with E-state index in [0.29, 0.717) is 5.92 Å². The maximum Gasteiger partial charge on any atom is 0.238 e. The van der Waals surface area contributed by atoms with Gasteiger partial charge in [0.1, 0.15) is 0 Å². The first-order chi connectivity index (χ1) is 11.5. The van der Waals surface area contributed by atoms with E-state index in [2.05, 4.69) is 33.5 Å². The molecule has 2 rings (SSSR count). The Morgan fingerprint density at radius 3 is 2.54 bits per heavy atom. The van der Waals surface area contributed by atoms with E-state index >= 15 is 0 Å². The fraction of sp³-hybridized carbons (Fsp3) is 0.556.